The molecule has 0 atom stereocenters. The van der Waals surface area contributed by atoms with Crippen molar-refractivity contribution in [1.29, 1.82) is 0 Å². The highest BCUT2D eigenvalue weighted by molar-refractivity contribution is 9.13. The van der Waals surface area contributed by atoms with Crippen LogP contribution in [0.15, 0.2) is 21.1 Å². The van der Waals surface area contributed by atoms with E-state index < -0.39 is 6.36 Å². The van der Waals surface area contributed by atoms with Crippen molar-refractivity contribution < 1.29 is 17.9 Å². The summed E-state index contributed by atoms with van der Waals surface area (Å²) in [6, 6.07) is 2.55. The van der Waals surface area contributed by atoms with Crippen molar-refractivity contribution in [2.24, 2.45) is 0 Å². The summed E-state index contributed by atoms with van der Waals surface area (Å²) in [5.74, 6) is -0.371. The van der Waals surface area contributed by atoms with Gasteiger partial charge in [0, 0.05) is 16.2 Å². The van der Waals surface area contributed by atoms with Crippen LogP contribution < -0.4 is 10.5 Å². The zero-order chi connectivity index (χ0) is 10.9. The molecule has 2 N–H and O–H groups in total. The standard InChI is InChI=1S/C7H4Br2F3NO/c8-4-1-3(13)2-5(6(4)9)14-7(10,11)12/h1-2H,13H2. The predicted molar refractivity (Wildman–Crippen MR) is 52.9 cm³/mol. The average molecular weight is 335 g/mol. The fourth-order valence-electron chi connectivity index (χ4n) is 0.783. The molecule has 0 unspecified atom stereocenters. The average Bonchev–Trinajstić information content (AvgIpc) is 1.96. The van der Waals surface area contributed by atoms with E-state index in [1.54, 1.807) is 0 Å². The second kappa shape index (κ2) is 3.98. The molecule has 0 saturated heterocycles. The Morgan fingerprint density at radius 2 is 1.79 bits per heavy atom. The van der Waals surface area contributed by atoms with Gasteiger partial charge in [-0.05, 0) is 37.9 Å². The molecule has 0 aliphatic carbocycles. The van der Waals surface area contributed by atoms with Gasteiger partial charge in [0.2, 0.25) is 0 Å². The Balaban J connectivity index is 3.09. The molecule has 1 aromatic rings. The largest absolute Gasteiger partial charge is 0.573 e. The van der Waals surface area contributed by atoms with Crippen molar-refractivity contribution in [3.8, 4) is 5.75 Å². The Hall–Kier alpha value is -0.430. The first kappa shape index (κ1) is 11.6. The minimum atomic E-state index is -4.73. The number of ether oxygens (including phenoxy) is 1. The zero-order valence-electron chi connectivity index (χ0n) is 6.53. The Morgan fingerprint density at radius 3 is 2.29 bits per heavy atom. The monoisotopic (exact) mass is 333 g/mol. The molecular formula is C7H4Br2F3NO. The van der Waals surface area contributed by atoms with Gasteiger partial charge in [0.1, 0.15) is 5.75 Å². The molecule has 78 valence electrons. The summed E-state index contributed by atoms with van der Waals surface area (Å²) in [6.07, 6.45) is -4.73. The van der Waals surface area contributed by atoms with E-state index in [2.05, 4.69) is 36.6 Å². The molecule has 1 aromatic carbocycles. The quantitative estimate of drug-likeness (QED) is 0.795. The number of hydrogen-bond donors (Lipinski definition) is 1. The number of benzene rings is 1. The Morgan fingerprint density at radius 1 is 1.21 bits per heavy atom. The van der Waals surface area contributed by atoms with Crippen LogP contribution in [-0.2, 0) is 0 Å². The van der Waals surface area contributed by atoms with Gasteiger partial charge in [-0.15, -0.1) is 13.2 Å². The number of alkyl halides is 3. The lowest BCUT2D eigenvalue weighted by Crippen LogP contribution is -2.17. The van der Waals surface area contributed by atoms with Gasteiger partial charge in [-0.1, -0.05) is 0 Å². The van der Waals surface area contributed by atoms with Crippen molar-refractivity contribution >= 4 is 37.5 Å². The third-order valence-electron chi connectivity index (χ3n) is 1.24. The van der Waals surface area contributed by atoms with Gasteiger partial charge in [0.05, 0.1) is 4.47 Å². The lowest BCUT2D eigenvalue weighted by atomic mass is 10.3. The van der Waals surface area contributed by atoms with Gasteiger partial charge in [0.15, 0.2) is 0 Å². The van der Waals surface area contributed by atoms with Gasteiger partial charge in [-0.25, -0.2) is 0 Å². The third kappa shape index (κ3) is 3.06. The molecule has 14 heavy (non-hydrogen) atoms. The summed E-state index contributed by atoms with van der Waals surface area (Å²) in [5, 5.41) is 0. The smallest absolute Gasteiger partial charge is 0.404 e. The SMILES string of the molecule is Nc1cc(Br)c(Br)c(OC(F)(F)F)c1. The second-order valence-electron chi connectivity index (χ2n) is 2.36. The number of rotatable bonds is 1. The minimum absolute atomic E-state index is 0.170. The van der Waals surface area contributed by atoms with Gasteiger partial charge >= 0.3 is 6.36 Å². The van der Waals surface area contributed by atoms with E-state index in [9.17, 15) is 13.2 Å². The molecule has 7 heteroatoms. The molecule has 0 bridgehead atoms. The number of hydrogen-bond acceptors (Lipinski definition) is 2. The zero-order valence-corrected chi connectivity index (χ0v) is 9.70. The summed E-state index contributed by atoms with van der Waals surface area (Å²) in [7, 11) is 0. The molecule has 0 fully saturated rings. The fraction of sp³-hybridized carbons (Fsp3) is 0.143. The normalized spacial score (nSPS) is 11.5. The van der Waals surface area contributed by atoms with E-state index in [0.29, 0.717) is 4.47 Å². The second-order valence-corrected chi connectivity index (χ2v) is 4.01. The van der Waals surface area contributed by atoms with Crippen LogP contribution in [0, 0.1) is 0 Å². The maximum atomic E-state index is 11.9. The molecule has 0 aromatic heterocycles. The Kier molecular flexibility index (Phi) is 3.31. The van der Waals surface area contributed by atoms with E-state index in [1.165, 1.54) is 6.07 Å². The predicted octanol–water partition coefficient (Wildman–Crippen LogP) is 3.69. The third-order valence-corrected chi connectivity index (χ3v) is 3.22. The maximum absolute atomic E-state index is 11.9. The Labute approximate surface area is 94.5 Å². The number of anilines is 1. The molecule has 0 amide bonds. The van der Waals surface area contributed by atoms with Crippen LogP contribution in [0.25, 0.3) is 0 Å². The van der Waals surface area contributed by atoms with Crippen LogP contribution in [0.3, 0.4) is 0 Å². The molecule has 2 nitrogen and oxygen atoms in total. The van der Waals surface area contributed by atoms with Crippen molar-refractivity contribution in [2.45, 2.75) is 6.36 Å². The summed E-state index contributed by atoms with van der Waals surface area (Å²) >= 11 is 5.97. The van der Waals surface area contributed by atoms with Crippen LogP contribution in [0.4, 0.5) is 18.9 Å². The van der Waals surface area contributed by atoms with E-state index in [1.807, 2.05) is 0 Å². The first-order valence-corrected chi connectivity index (χ1v) is 4.88. The highest BCUT2D eigenvalue weighted by atomic mass is 79.9. The van der Waals surface area contributed by atoms with Crippen molar-refractivity contribution in [2.75, 3.05) is 5.73 Å². The highest BCUT2D eigenvalue weighted by Crippen LogP contribution is 2.37. The fourth-order valence-corrected chi connectivity index (χ4v) is 1.55. The molecule has 0 spiro atoms. The first-order valence-electron chi connectivity index (χ1n) is 3.30. The minimum Gasteiger partial charge on any atom is -0.404 e. The first-order chi connectivity index (χ1) is 6.29. The van der Waals surface area contributed by atoms with E-state index in [4.69, 9.17) is 5.73 Å². The summed E-state index contributed by atoms with van der Waals surface area (Å²) in [4.78, 5) is 0. The number of halogens is 5. The van der Waals surface area contributed by atoms with Crippen LogP contribution in [-0.4, -0.2) is 6.36 Å². The highest BCUT2D eigenvalue weighted by Gasteiger charge is 2.32. The topological polar surface area (TPSA) is 35.2 Å². The van der Waals surface area contributed by atoms with Crippen LogP contribution in [0.1, 0.15) is 0 Å². The molecular weight excluding hydrogens is 331 g/mol. The van der Waals surface area contributed by atoms with Crippen molar-refractivity contribution in [3.63, 3.8) is 0 Å². The van der Waals surface area contributed by atoms with Crippen LogP contribution in [0.5, 0.6) is 5.75 Å². The van der Waals surface area contributed by atoms with Crippen LogP contribution >= 0.6 is 31.9 Å². The number of nitrogens with two attached hydrogens (primary N) is 1. The summed E-state index contributed by atoms with van der Waals surface area (Å²) < 4.78 is 40.0. The molecule has 0 radical (unpaired) electrons. The molecule has 0 aliphatic rings. The van der Waals surface area contributed by atoms with Gasteiger partial charge in [0.25, 0.3) is 0 Å². The molecule has 0 aliphatic heterocycles. The van der Waals surface area contributed by atoms with E-state index in [0.717, 1.165) is 6.07 Å². The lowest BCUT2D eigenvalue weighted by Gasteiger charge is -2.11. The van der Waals surface area contributed by atoms with Gasteiger partial charge < -0.3 is 10.5 Å². The molecule has 1 rings (SSSR count). The number of nitrogen functional groups attached to an aromatic ring is 1. The summed E-state index contributed by atoms with van der Waals surface area (Å²) in [6.45, 7) is 0. The van der Waals surface area contributed by atoms with E-state index >= 15 is 0 Å². The van der Waals surface area contributed by atoms with Gasteiger partial charge in [-0.2, -0.15) is 0 Å². The maximum Gasteiger partial charge on any atom is 0.573 e. The Bertz CT molecular complexity index is 354. The molecule has 0 heterocycles. The van der Waals surface area contributed by atoms with Gasteiger partial charge in [-0.3, -0.25) is 0 Å². The molecule has 0 saturated carbocycles. The van der Waals surface area contributed by atoms with Crippen LogP contribution in [0.2, 0.25) is 0 Å². The summed E-state index contributed by atoms with van der Waals surface area (Å²) in [5.41, 5.74) is 5.53. The lowest BCUT2D eigenvalue weighted by molar-refractivity contribution is -0.274. The van der Waals surface area contributed by atoms with Crippen molar-refractivity contribution in [3.05, 3.63) is 21.1 Å². The van der Waals surface area contributed by atoms with E-state index in [-0.39, 0.29) is 15.9 Å². The van der Waals surface area contributed by atoms with Crippen molar-refractivity contribution in [1.82, 2.24) is 0 Å².